The molecule has 2 aromatic rings. The Morgan fingerprint density at radius 1 is 0.933 bits per heavy atom. The van der Waals surface area contributed by atoms with Crippen LogP contribution in [0, 0.1) is 0 Å². The van der Waals surface area contributed by atoms with Crippen molar-refractivity contribution in [1.29, 1.82) is 0 Å². The van der Waals surface area contributed by atoms with Crippen molar-refractivity contribution in [3.05, 3.63) is 59.3 Å². The van der Waals surface area contributed by atoms with Crippen LogP contribution in [0.1, 0.15) is 37.2 Å². The predicted molar refractivity (Wildman–Crippen MR) is 113 cm³/mol. The number of carbonyl (C=O) groups excluding carboxylic acids is 2. The number of hydrogen-bond donors (Lipinski definition) is 0. The first-order valence-corrected chi connectivity index (χ1v) is 10.0. The standard InChI is InChI=1S/C24H25NO5/c1-28-16-8-4-7-15(13-16)25-19-10-6-11-20(26)23(19)18(14-22(25)27)17-9-5-12-21(29-2)24(17)30-3/h4-5,7-9,12-13,18H,6,10-11,14H2,1-3H3. The zero-order valence-corrected chi connectivity index (χ0v) is 17.4. The van der Waals surface area contributed by atoms with Gasteiger partial charge in [0.2, 0.25) is 5.91 Å². The van der Waals surface area contributed by atoms with E-state index in [2.05, 4.69) is 0 Å². The number of ketones is 1. The van der Waals surface area contributed by atoms with Crippen molar-refractivity contribution in [1.82, 2.24) is 0 Å². The highest BCUT2D eigenvalue weighted by Gasteiger charge is 2.41. The number of rotatable bonds is 5. The second-order valence-corrected chi connectivity index (χ2v) is 7.41. The third kappa shape index (κ3) is 3.32. The molecule has 6 heteroatoms. The lowest BCUT2D eigenvalue weighted by molar-refractivity contribution is -0.119. The van der Waals surface area contributed by atoms with E-state index in [4.69, 9.17) is 14.2 Å². The number of nitrogens with zero attached hydrogens (tertiary/aromatic N) is 1. The summed E-state index contributed by atoms with van der Waals surface area (Å²) in [5.41, 5.74) is 3.01. The molecule has 0 radical (unpaired) electrons. The summed E-state index contributed by atoms with van der Waals surface area (Å²) >= 11 is 0. The van der Waals surface area contributed by atoms with Gasteiger partial charge in [-0.25, -0.2) is 0 Å². The lowest BCUT2D eigenvalue weighted by atomic mass is 9.76. The van der Waals surface area contributed by atoms with Crippen molar-refractivity contribution in [3.63, 3.8) is 0 Å². The first kappa shape index (κ1) is 20.0. The molecule has 30 heavy (non-hydrogen) atoms. The molecule has 0 N–H and O–H groups in total. The molecule has 0 aromatic heterocycles. The number of ether oxygens (including phenoxy) is 3. The molecule has 1 amide bonds. The van der Waals surface area contributed by atoms with Crippen LogP contribution in [0.4, 0.5) is 5.69 Å². The first-order valence-electron chi connectivity index (χ1n) is 10.0. The summed E-state index contributed by atoms with van der Waals surface area (Å²) < 4.78 is 16.4. The minimum atomic E-state index is -0.354. The molecular weight excluding hydrogens is 382 g/mol. The van der Waals surface area contributed by atoms with Gasteiger partial charge >= 0.3 is 0 Å². The lowest BCUT2D eigenvalue weighted by Gasteiger charge is -2.38. The second kappa shape index (κ2) is 8.22. The molecule has 0 saturated carbocycles. The van der Waals surface area contributed by atoms with Crippen LogP contribution in [0.2, 0.25) is 0 Å². The SMILES string of the molecule is COc1cccc(N2C(=O)CC(c3cccc(OC)c3OC)C3=C2CCCC3=O)c1. The van der Waals surface area contributed by atoms with Crippen LogP contribution in [0.25, 0.3) is 0 Å². The maximum absolute atomic E-state index is 13.4. The van der Waals surface area contributed by atoms with Crippen molar-refractivity contribution >= 4 is 17.4 Å². The molecule has 1 aliphatic carbocycles. The lowest BCUT2D eigenvalue weighted by Crippen LogP contribution is -2.40. The number of amides is 1. The van der Waals surface area contributed by atoms with E-state index in [1.54, 1.807) is 26.2 Å². The summed E-state index contributed by atoms with van der Waals surface area (Å²) in [6.07, 6.45) is 2.08. The fourth-order valence-corrected chi connectivity index (χ4v) is 4.49. The highest BCUT2D eigenvalue weighted by Crippen LogP contribution is 2.47. The molecular formula is C24H25NO5. The topological polar surface area (TPSA) is 65.1 Å². The van der Waals surface area contributed by atoms with Crippen molar-refractivity contribution in [2.45, 2.75) is 31.6 Å². The van der Waals surface area contributed by atoms with E-state index in [9.17, 15) is 9.59 Å². The largest absolute Gasteiger partial charge is 0.497 e. The normalized spacial score (nSPS) is 18.9. The molecule has 0 spiro atoms. The summed E-state index contributed by atoms with van der Waals surface area (Å²) in [5.74, 6) is 1.51. The zero-order valence-electron chi connectivity index (χ0n) is 17.4. The molecule has 1 heterocycles. The Kier molecular flexibility index (Phi) is 5.48. The van der Waals surface area contributed by atoms with Crippen LogP contribution in [0.3, 0.4) is 0 Å². The summed E-state index contributed by atoms with van der Waals surface area (Å²) in [5, 5.41) is 0. The number of para-hydroxylation sites is 1. The Morgan fingerprint density at radius 3 is 2.47 bits per heavy atom. The number of carbonyl (C=O) groups is 2. The first-order chi connectivity index (χ1) is 14.6. The van der Waals surface area contributed by atoms with E-state index in [1.807, 2.05) is 42.5 Å². The molecule has 0 fully saturated rings. The van der Waals surface area contributed by atoms with Crippen LogP contribution >= 0.6 is 0 Å². The molecule has 6 nitrogen and oxygen atoms in total. The van der Waals surface area contributed by atoms with Gasteiger partial charge < -0.3 is 14.2 Å². The van der Waals surface area contributed by atoms with Crippen LogP contribution in [0.15, 0.2) is 53.7 Å². The van der Waals surface area contributed by atoms with Crippen molar-refractivity contribution < 1.29 is 23.8 Å². The van der Waals surface area contributed by atoms with E-state index in [0.29, 0.717) is 35.7 Å². The smallest absolute Gasteiger partial charge is 0.232 e. The van der Waals surface area contributed by atoms with Gasteiger partial charge in [-0.3, -0.25) is 14.5 Å². The van der Waals surface area contributed by atoms with Crippen LogP contribution in [-0.4, -0.2) is 33.0 Å². The van der Waals surface area contributed by atoms with Gasteiger partial charge in [0.15, 0.2) is 17.3 Å². The summed E-state index contributed by atoms with van der Waals surface area (Å²) in [7, 11) is 4.75. The molecule has 1 atom stereocenters. The minimum absolute atomic E-state index is 0.0495. The van der Waals surface area contributed by atoms with E-state index >= 15 is 0 Å². The highest BCUT2D eigenvalue weighted by molar-refractivity contribution is 6.07. The molecule has 1 unspecified atom stereocenters. The molecule has 4 rings (SSSR count). The Bertz CT molecular complexity index is 1030. The average molecular weight is 407 g/mol. The fraction of sp³-hybridized carbons (Fsp3) is 0.333. The molecule has 2 aromatic carbocycles. The van der Waals surface area contributed by atoms with E-state index in [1.165, 1.54) is 0 Å². The Morgan fingerprint density at radius 2 is 1.73 bits per heavy atom. The average Bonchev–Trinajstić information content (AvgIpc) is 2.78. The number of hydrogen-bond acceptors (Lipinski definition) is 5. The van der Waals surface area contributed by atoms with Gasteiger partial charge in [-0.05, 0) is 31.0 Å². The minimum Gasteiger partial charge on any atom is -0.497 e. The predicted octanol–water partition coefficient (Wildman–Crippen LogP) is 4.24. The molecule has 2 aliphatic rings. The highest BCUT2D eigenvalue weighted by atomic mass is 16.5. The number of benzene rings is 2. The maximum Gasteiger partial charge on any atom is 0.232 e. The van der Waals surface area contributed by atoms with Crippen LogP contribution in [0.5, 0.6) is 17.2 Å². The molecule has 156 valence electrons. The maximum atomic E-state index is 13.4. The fourth-order valence-electron chi connectivity index (χ4n) is 4.49. The van der Waals surface area contributed by atoms with Crippen molar-refractivity contribution in [2.24, 2.45) is 0 Å². The van der Waals surface area contributed by atoms with Gasteiger partial charge in [-0.1, -0.05) is 18.2 Å². The van der Waals surface area contributed by atoms with Gasteiger partial charge in [0, 0.05) is 41.7 Å². The summed E-state index contributed by atoms with van der Waals surface area (Å²) in [6.45, 7) is 0. The Balaban J connectivity index is 1.88. The van der Waals surface area contributed by atoms with E-state index in [-0.39, 0.29) is 24.0 Å². The van der Waals surface area contributed by atoms with Crippen molar-refractivity contribution in [3.8, 4) is 17.2 Å². The monoisotopic (exact) mass is 407 g/mol. The third-order valence-electron chi connectivity index (χ3n) is 5.80. The molecule has 0 bridgehead atoms. The summed E-state index contributed by atoms with van der Waals surface area (Å²) in [6, 6.07) is 13.0. The zero-order chi connectivity index (χ0) is 21.3. The molecule has 0 saturated heterocycles. The van der Waals surface area contributed by atoms with Crippen LogP contribution < -0.4 is 19.1 Å². The van der Waals surface area contributed by atoms with E-state index in [0.717, 1.165) is 23.4 Å². The number of Topliss-reactive ketones (excluding diaryl/α,β-unsaturated/α-hetero) is 1. The number of anilines is 1. The van der Waals surface area contributed by atoms with Crippen molar-refractivity contribution in [2.75, 3.05) is 26.2 Å². The Labute approximate surface area is 176 Å². The van der Waals surface area contributed by atoms with Gasteiger partial charge in [-0.15, -0.1) is 0 Å². The number of methoxy groups -OCH3 is 3. The molecule has 1 aliphatic heterocycles. The quantitative estimate of drug-likeness (QED) is 0.742. The van der Waals surface area contributed by atoms with Gasteiger partial charge in [0.1, 0.15) is 5.75 Å². The van der Waals surface area contributed by atoms with Crippen LogP contribution in [-0.2, 0) is 9.59 Å². The number of allylic oxidation sites excluding steroid dienone is 2. The van der Waals surface area contributed by atoms with Gasteiger partial charge in [0.05, 0.1) is 27.0 Å². The van der Waals surface area contributed by atoms with Gasteiger partial charge in [0.25, 0.3) is 0 Å². The Hall–Kier alpha value is -3.28. The van der Waals surface area contributed by atoms with E-state index < -0.39 is 0 Å². The van der Waals surface area contributed by atoms with Gasteiger partial charge in [-0.2, -0.15) is 0 Å². The third-order valence-corrected chi connectivity index (χ3v) is 5.80. The second-order valence-electron chi connectivity index (χ2n) is 7.41. The summed E-state index contributed by atoms with van der Waals surface area (Å²) in [4.78, 5) is 28.1.